The standard InChI is InChI=1S/C18H21NO2/c1-18(2)8-7-14(17(20)21)15(11-18)12-5-6-16-13(10-12)4-3-9-19-16/h3-6,9-10,14-15H,7-8,11H2,1-2H3,(H,20,21). The first kappa shape index (κ1) is 14.1. The highest BCUT2D eigenvalue weighted by atomic mass is 16.4. The maximum atomic E-state index is 11.6. The van der Waals surface area contributed by atoms with Gasteiger partial charge in [0.05, 0.1) is 11.4 Å². The second kappa shape index (κ2) is 5.14. The van der Waals surface area contributed by atoms with Crippen LogP contribution in [0.1, 0.15) is 44.6 Å². The average Bonchev–Trinajstić information content (AvgIpc) is 2.45. The van der Waals surface area contributed by atoms with Crippen LogP contribution in [0, 0.1) is 11.3 Å². The predicted octanol–water partition coefficient (Wildman–Crippen LogP) is 4.23. The quantitative estimate of drug-likeness (QED) is 0.897. The molecule has 0 radical (unpaired) electrons. The van der Waals surface area contributed by atoms with Crippen LogP contribution in [0.15, 0.2) is 36.5 Å². The van der Waals surface area contributed by atoms with E-state index in [1.165, 1.54) is 0 Å². The Morgan fingerprint density at radius 2 is 2.14 bits per heavy atom. The van der Waals surface area contributed by atoms with Gasteiger partial charge in [0, 0.05) is 11.6 Å². The first-order valence-corrected chi connectivity index (χ1v) is 7.54. The molecule has 3 nitrogen and oxygen atoms in total. The molecular weight excluding hydrogens is 262 g/mol. The van der Waals surface area contributed by atoms with Crippen molar-refractivity contribution in [1.29, 1.82) is 0 Å². The molecule has 0 saturated heterocycles. The van der Waals surface area contributed by atoms with Gasteiger partial charge in [-0.2, -0.15) is 0 Å². The lowest BCUT2D eigenvalue weighted by atomic mass is 9.65. The summed E-state index contributed by atoms with van der Waals surface area (Å²) in [4.78, 5) is 15.9. The summed E-state index contributed by atoms with van der Waals surface area (Å²) in [5, 5.41) is 10.6. The topological polar surface area (TPSA) is 50.2 Å². The molecule has 0 bridgehead atoms. The van der Waals surface area contributed by atoms with Crippen molar-refractivity contribution >= 4 is 16.9 Å². The molecule has 2 unspecified atom stereocenters. The SMILES string of the molecule is CC1(C)CCC(C(=O)O)C(c2ccc3ncccc3c2)C1. The summed E-state index contributed by atoms with van der Waals surface area (Å²) >= 11 is 0. The lowest BCUT2D eigenvalue weighted by Gasteiger charge is -2.39. The number of rotatable bonds is 2. The van der Waals surface area contributed by atoms with E-state index in [-0.39, 0.29) is 17.3 Å². The molecule has 1 N–H and O–H groups in total. The number of carboxylic acid groups (broad SMARTS) is 1. The van der Waals surface area contributed by atoms with Gasteiger partial charge < -0.3 is 5.11 Å². The van der Waals surface area contributed by atoms with Crippen molar-refractivity contribution < 1.29 is 9.90 Å². The van der Waals surface area contributed by atoms with Gasteiger partial charge in [0.1, 0.15) is 0 Å². The van der Waals surface area contributed by atoms with Crippen molar-refractivity contribution in [3.63, 3.8) is 0 Å². The van der Waals surface area contributed by atoms with Crippen molar-refractivity contribution in [3.05, 3.63) is 42.1 Å². The summed E-state index contributed by atoms with van der Waals surface area (Å²) in [5.41, 5.74) is 2.31. The first-order valence-electron chi connectivity index (χ1n) is 7.54. The second-order valence-corrected chi connectivity index (χ2v) is 6.91. The van der Waals surface area contributed by atoms with Gasteiger partial charge in [0.25, 0.3) is 0 Å². The minimum atomic E-state index is -0.665. The van der Waals surface area contributed by atoms with Crippen LogP contribution in [0.25, 0.3) is 10.9 Å². The molecule has 3 heteroatoms. The van der Waals surface area contributed by atoms with Crippen molar-refractivity contribution in [2.45, 2.75) is 39.0 Å². The third kappa shape index (κ3) is 2.78. The highest BCUT2D eigenvalue weighted by Gasteiger charge is 2.39. The molecule has 1 aromatic heterocycles. The largest absolute Gasteiger partial charge is 0.481 e. The third-order valence-corrected chi connectivity index (χ3v) is 4.76. The van der Waals surface area contributed by atoms with Crippen molar-refractivity contribution in [3.8, 4) is 0 Å². The predicted molar refractivity (Wildman–Crippen MR) is 83.2 cm³/mol. The number of hydrogen-bond acceptors (Lipinski definition) is 2. The van der Waals surface area contributed by atoms with E-state index in [4.69, 9.17) is 0 Å². The number of nitrogens with zero attached hydrogens (tertiary/aromatic N) is 1. The molecule has 3 rings (SSSR count). The van der Waals surface area contributed by atoms with Crippen molar-refractivity contribution in [2.75, 3.05) is 0 Å². The number of carboxylic acids is 1. The molecule has 2 atom stereocenters. The van der Waals surface area contributed by atoms with Gasteiger partial charge in [-0.25, -0.2) is 0 Å². The molecule has 2 aromatic rings. The number of benzene rings is 1. The van der Waals surface area contributed by atoms with Crippen LogP contribution in [-0.4, -0.2) is 16.1 Å². The fraction of sp³-hybridized carbons (Fsp3) is 0.444. The number of aromatic nitrogens is 1. The van der Waals surface area contributed by atoms with E-state index in [9.17, 15) is 9.90 Å². The molecule has 1 heterocycles. The minimum Gasteiger partial charge on any atom is -0.481 e. The fourth-order valence-electron chi connectivity index (χ4n) is 3.56. The number of aliphatic carboxylic acids is 1. The van der Waals surface area contributed by atoms with Crippen LogP contribution in [-0.2, 0) is 4.79 Å². The summed E-state index contributed by atoms with van der Waals surface area (Å²) in [5.74, 6) is -0.843. The van der Waals surface area contributed by atoms with Gasteiger partial charge in [-0.3, -0.25) is 9.78 Å². The van der Waals surface area contributed by atoms with E-state index in [1.54, 1.807) is 6.20 Å². The first-order chi connectivity index (χ1) is 9.96. The van der Waals surface area contributed by atoms with Crippen LogP contribution >= 0.6 is 0 Å². The lowest BCUT2D eigenvalue weighted by molar-refractivity contribution is -0.144. The second-order valence-electron chi connectivity index (χ2n) is 6.91. The molecule has 1 aliphatic carbocycles. The van der Waals surface area contributed by atoms with Crippen LogP contribution in [0.5, 0.6) is 0 Å². The van der Waals surface area contributed by atoms with Crippen molar-refractivity contribution in [1.82, 2.24) is 4.98 Å². The Hall–Kier alpha value is -1.90. The van der Waals surface area contributed by atoms with Crippen LogP contribution in [0.3, 0.4) is 0 Å². The Bertz CT molecular complexity index is 678. The molecule has 1 saturated carbocycles. The molecule has 1 fully saturated rings. The zero-order chi connectivity index (χ0) is 15.0. The molecule has 110 valence electrons. The monoisotopic (exact) mass is 283 g/mol. The van der Waals surface area contributed by atoms with Gasteiger partial charge in [-0.05, 0) is 54.4 Å². The molecule has 1 aromatic carbocycles. The fourth-order valence-corrected chi connectivity index (χ4v) is 3.56. The van der Waals surface area contributed by atoms with Gasteiger partial charge in [-0.15, -0.1) is 0 Å². The van der Waals surface area contributed by atoms with E-state index in [0.717, 1.165) is 35.7 Å². The Labute approximate surface area is 125 Å². The Morgan fingerprint density at radius 1 is 1.33 bits per heavy atom. The van der Waals surface area contributed by atoms with Crippen LogP contribution in [0.4, 0.5) is 0 Å². The molecule has 1 aliphatic rings. The molecule has 0 aliphatic heterocycles. The summed E-state index contributed by atoms with van der Waals surface area (Å²) in [6.45, 7) is 4.47. The zero-order valence-electron chi connectivity index (χ0n) is 12.5. The minimum absolute atomic E-state index is 0.0934. The number of hydrogen-bond donors (Lipinski definition) is 1. The zero-order valence-corrected chi connectivity index (χ0v) is 12.5. The normalized spacial score (nSPS) is 24.9. The number of carbonyl (C=O) groups is 1. The Morgan fingerprint density at radius 3 is 2.90 bits per heavy atom. The number of pyridine rings is 1. The summed E-state index contributed by atoms with van der Waals surface area (Å²) in [6, 6.07) is 10.1. The maximum Gasteiger partial charge on any atom is 0.307 e. The van der Waals surface area contributed by atoms with E-state index < -0.39 is 5.97 Å². The van der Waals surface area contributed by atoms with E-state index in [2.05, 4.69) is 31.0 Å². The molecule has 21 heavy (non-hydrogen) atoms. The lowest BCUT2D eigenvalue weighted by Crippen LogP contribution is -2.32. The highest BCUT2D eigenvalue weighted by molar-refractivity contribution is 5.79. The van der Waals surface area contributed by atoms with Crippen molar-refractivity contribution in [2.24, 2.45) is 11.3 Å². The maximum absolute atomic E-state index is 11.6. The summed E-state index contributed by atoms with van der Waals surface area (Å²) < 4.78 is 0. The highest BCUT2D eigenvalue weighted by Crippen LogP contribution is 2.47. The smallest absolute Gasteiger partial charge is 0.307 e. The average molecular weight is 283 g/mol. The van der Waals surface area contributed by atoms with Crippen LogP contribution in [0.2, 0.25) is 0 Å². The van der Waals surface area contributed by atoms with Gasteiger partial charge in [0.15, 0.2) is 0 Å². The number of fused-ring (bicyclic) bond motifs is 1. The Kier molecular flexibility index (Phi) is 3.44. The molecular formula is C18H21NO2. The van der Waals surface area contributed by atoms with E-state index in [0.29, 0.717) is 0 Å². The summed E-state index contributed by atoms with van der Waals surface area (Å²) in [6.07, 6.45) is 4.45. The van der Waals surface area contributed by atoms with Gasteiger partial charge in [-0.1, -0.05) is 26.0 Å². The van der Waals surface area contributed by atoms with Gasteiger partial charge in [0.2, 0.25) is 0 Å². The van der Waals surface area contributed by atoms with E-state index in [1.807, 2.05) is 18.2 Å². The Balaban J connectivity index is 2.02. The van der Waals surface area contributed by atoms with Gasteiger partial charge >= 0.3 is 5.97 Å². The molecule has 0 amide bonds. The third-order valence-electron chi connectivity index (χ3n) is 4.76. The van der Waals surface area contributed by atoms with Crippen LogP contribution < -0.4 is 0 Å². The van der Waals surface area contributed by atoms with E-state index >= 15 is 0 Å². The molecule has 0 spiro atoms. The summed E-state index contributed by atoms with van der Waals surface area (Å²) in [7, 11) is 0.